The van der Waals surface area contributed by atoms with Crippen molar-refractivity contribution in [1.29, 1.82) is 0 Å². The van der Waals surface area contributed by atoms with E-state index in [1.54, 1.807) is 0 Å². The van der Waals surface area contributed by atoms with Gasteiger partial charge in [0.2, 0.25) is 0 Å². The lowest BCUT2D eigenvalue weighted by atomic mass is 9.87. The molecule has 0 aromatic heterocycles. The molecule has 0 aromatic rings. The van der Waals surface area contributed by atoms with Crippen molar-refractivity contribution >= 4 is 0 Å². The van der Waals surface area contributed by atoms with Crippen LogP contribution in [0.5, 0.6) is 0 Å². The van der Waals surface area contributed by atoms with Gasteiger partial charge in [-0.15, -0.1) is 0 Å². The molecule has 2 aliphatic rings. The number of hydrogen-bond acceptors (Lipinski definition) is 1. The van der Waals surface area contributed by atoms with Crippen molar-refractivity contribution in [3.63, 3.8) is 0 Å². The Balaban J connectivity index is 1.73. The zero-order chi connectivity index (χ0) is 7.68. The van der Waals surface area contributed by atoms with Gasteiger partial charge in [-0.3, -0.25) is 0 Å². The van der Waals surface area contributed by atoms with Gasteiger partial charge in [-0.25, -0.2) is 0 Å². The van der Waals surface area contributed by atoms with Crippen LogP contribution in [0.4, 0.5) is 0 Å². The molecular formula is C10H19N. The first-order chi connectivity index (χ1) is 5.34. The molecule has 0 unspecified atom stereocenters. The van der Waals surface area contributed by atoms with E-state index in [1.807, 2.05) is 0 Å². The Bertz CT molecular complexity index is 127. The highest BCUT2D eigenvalue weighted by Crippen LogP contribution is 2.27. The maximum absolute atomic E-state index is 3.72. The largest absolute Gasteiger partial charge is 0.311 e. The topological polar surface area (TPSA) is 12.0 Å². The highest BCUT2D eigenvalue weighted by Gasteiger charge is 2.26. The molecule has 0 aliphatic heterocycles. The standard InChI is InChI=1S/C10H19N/c1-8-3-2-4-10(7-8)11-9-5-6-9/h8-11H,2-7H2,1H3/t8-,10+/m1/s1. The number of rotatable bonds is 2. The molecule has 1 heteroatoms. The zero-order valence-electron chi connectivity index (χ0n) is 7.47. The van der Waals surface area contributed by atoms with Crippen molar-refractivity contribution in [3.8, 4) is 0 Å². The first-order valence-corrected chi connectivity index (χ1v) is 5.10. The SMILES string of the molecule is C[C@@H]1CCC[C@H](NC2CC2)C1. The molecule has 1 nitrogen and oxygen atoms in total. The highest BCUT2D eigenvalue weighted by molar-refractivity contribution is 4.86. The molecule has 0 aromatic carbocycles. The van der Waals surface area contributed by atoms with E-state index < -0.39 is 0 Å². The third-order valence-electron chi connectivity index (χ3n) is 2.99. The highest BCUT2D eigenvalue weighted by atomic mass is 15.0. The monoisotopic (exact) mass is 153 g/mol. The number of hydrogen-bond donors (Lipinski definition) is 1. The maximum atomic E-state index is 3.72. The van der Waals surface area contributed by atoms with Gasteiger partial charge in [0.05, 0.1) is 0 Å². The van der Waals surface area contributed by atoms with Gasteiger partial charge in [0.1, 0.15) is 0 Å². The van der Waals surface area contributed by atoms with Crippen molar-refractivity contribution < 1.29 is 0 Å². The van der Waals surface area contributed by atoms with E-state index in [4.69, 9.17) is 0 Å². The molecule has 0 radical (unpaired) electrons. The van der Waals surface area contributed by atoms with Gasteiger partial charge in [0.15, 0.2) is 0 Å². The summed E-state index contributed by atoms with van der Waals surface area (Å²) in [6, 6.07) is 1.77. The Morgan fingerprint density at radius 3 is 2.45 bits per heavy atom. The molecule has 64 valence electrons. The fourth-order valence-electron chi connectivity index (χ4n) is 2.17. The summed E-state index contributed by atoms with van der Waals surface area (Å²) in [4.78, 5) is 0. The molecule has 2 saturated carbocycles. The van der Waals surface area contributed by atoms with Crippen molar-refractivity contribution in [2.24, 2.45) is 5.92 Å². The minimum atomic E-state index is 0.867. The van der Waals surface area contributed by atoms with Crippen molar-refractivity contribution in [2.75, 3.05) is 0 Å². The third kappa shape index (κ3) is 2.19. The molecule has 2 aliphatic carbocycles. The van der Waals surface area contributed by atoms with Gasteiger partial charge in [0, 0.05) is 12.1 Å². The fraction of sp³-hybridized carbons (Fsp3) is 1.00. The average Bonchev–Trinajstić information content (AvgIpc) is 2.71. The Kier molecular flexibility index (Phi) is 2.17. The summed E-state index contributed by atoms with van der Waals surface area (Å²) < 4.78 is 0. The van der Waals surface area contributed by atoms with Crippen LogP contribution in [0.15, 0.2) is 0 Å². The van der Waals surface area contributed by atoms with Crippen molar-refractivity contribution in [2.45, 2.75) is 57.5 Å². The van der Waals surface area contributed by atoms with E-state index >= 15 is 0 Å². The summed E-state index contributed by atoms with van der Waals surface area (Å²) in [6.45, 7) is 2.39. The predicted molar refractivity (Wildman–Crippen MR) is 47.6 cm³/mol. The summed E-state index contributed by atoms with van der Waals surface area (Å²) in [5.74, 6) is 0.972. The van der Waals surface area contributed by atoms with Gasteiger partial charge in [0.25, 0.3) is 0 Å². The fourth-order valence-corrected chi connectivity index (χ4v) is 2.17. The summed E-state index contributed by atoms with van der Waals surface area (Å²) in [7, 11) is 0. The van der Waals surface area contributed by atoms with Crippen molar-refractivity contribution in [1.82, 2.24) is 5.32 Å². The lowest BCUT2D eigenvalue weighted by Crippen LogP contribution is -2.34. The van der Waals surface area contributed by atoms with Gasteiger partial charge < -0.3 is 5.32 Å². The first kappa shape index (κ1) is 7.60. The molecule has 0 heterocycles. The molecule has 2 fully saturated rings. The molecule has 2 atom stereocenters. The van der Waals surface area contributed by atoms with Crippen LogP contribution in [0.2, 0.25) is 0 Å². The smallest absolute Gasteiger partial charge is 0.00721 e. The average molecular weight is 153 g/mol. The second-order valence-corrected chi connectivity index (χ2v) is 4.41. The van der Waals surface area contributed by atoms with Crippen molar-refractivity contribution in [3.05, 3.63) is 0 Å². The third-order valence-corrected chi connectivity index (χ3v) is 2.99. The van der Waals surface area contributed by atoms with Crippen LogP contribution >= 0.6 is 0 Å². The minimum Gasteiger partial charge on any atom is -0.311 e. The summed E-state index contributed by atoms with van der Waals surface area (Å²) >= 11 is 0. The Hall–Kier alpha value is -0.0400. The number of nitrogens with one attached hydrogen (secondary N) is 1. The molecule has 1 N–H and O–H groups in total. The molecule has 11 heavy (non-hydrogen) atoms. The molecule has 0 bridgehead atoms. The molecule has 0 spiro atoms. The van der Waals surface area contributed by atoms with Crippen LogP contribution in [0.25, 0.3) is 0 Å². The van der Waals surface area contributed by atoms with Crippen LogP contribution in [0.1, 0.15) is 45.4 Å². The second-order valence-electron chi connectivity index (χ2n) is 4.41. The predicted octanol–water partition coefficient (Wildman–Crippen LogP) is 2.32. The van der Waals surface area contributed by atoms with E-state index in [1.165, 1.54) is 38.5 Å². The lowest BCUT2D eigenvalue weighted by molar-refractivity contribution is 0.300. The van der Waals surface area contributed by atoms with Crippen LogP contribution < -0.4 is 5.32 Å². The minimum absolute atomic E-state index is 0.867. The quantitative estimate of drug-likeness (QED) is 0.642. The summed E-state index contributed by atoms with van der Waals surface area (Å²) in [6.07, 6.45) is 8.64. The lowest BCUT2D eigenvalue weighted by Gasteiger charge is -2.27. The molecular weight excluding hydrogens is 134 g/mol. The summed E-state index contributed by atoms with van der Waals surface area (Å²) in [5, 5.41) is 3.72. The first-order valence-electron chi connectivity index (χ1n) is 5.10. The second kappa shape index (κ2) is 3.14. The Labute approximate surface area is 69.6 Å². The van der Waals surface area contributed by atoms with E-state index in [0.29, 0.717) is 0 Å². The van der Waals surface area contributed by atoms with Crippen LogP contribution in [0.3, 0.4) is 0 Å². The van der Waals surface area contributed by atoms with Gasteiger partial charge >= 0.3 is 0 Å². The van der Waals surface area contributed by atoms with E-state index in [0.717, 1.165) is 18.0 Å². The van der Waals surface area contributed by atoms with Gasteiger partial charge in [-0.05, 0) is 31.6 Å². The molecule has 2 rings (SSSR count). The van der Waals surface area contributed by atoms with Crippen LogP contribution in [0, 0.1) is 5.92 Å². The van der Waals surface area contributed by atoms with E-state index in [-0.39, 0.29) is 0 Å². The Morgan fingerprint density at radius 2 is 1.82 bits per heavy atom. The van der Waals surface area contributed by atoms with Gasteiger partial charge in [-0.2, -0.15) is 0 Å². The maximum Gasteiger partial charge on any atom is 0.00721 e. The normalized spacial score (nSPS) is 39.0. The van der Waals surface area contributed by atoms with E-state index in [2.05, 4.69) is 12.2 Å². The summed E-state index contributed by atoms with van der Waals surface area (Å²) in [5.41, 5.74) is 0. The molecule has 0 amide bonds. The Morgan fingerprint density at radius 1 is 1.00 bits per heavy atom. The van der Waals surface area contributed by atoms with Crippen LogP contribution in [-0.2, 0) is 0 Å². The molecule has 0 saturated heterocycles. The van der Waals surface area contributed by atoms with E-state index in [9.17, 15) is 0 Å². The zero-order valence-corrected chi connectivity index (χ0v) is 7.47. The van der Waals surface area contributed by atoms with Gasteiger partial charge in [-0.1, -0.05) is 19.8 Å². The van der Waals surface area contributed by atoms with Crippen LogP contribution in [-0.4, -0.2) is 12.1 Å².